The summed E-state index contributed by atoms with van der Waals surface area (Å²) in [4.78, 5) is 0. The SMILES string of the molecule is CC(C)(C)C1Cc2cc(Br)ccc2O1. The van der Waals surface area contributed by atoms with Crippen LogP contribution in [0.1, 0.15) is 26.3 Å². The molecule has 0 bridgehead atoms. The quantitative estimate of drug-likeness (QED) is 0.685. The van der Waals surface area contributed by atoms with Gasteiger partial charge < -0.3 is 4.74 Å². The Morgan fingerprint density at radius 3 is 2.71 bits per heavy atom. The first-order valence-corrected chi connectivity index (χ1v) is 5.71. The van der Waals surface area contributed by atoms with Crippen molar-refractivity contribution in [3.8, 4) is 5.75 Å². The second-order valence-corrected chi connectivity index (χ2v) is 5.84. The smallest absolute Gasteiger partial charge is 0.123 e. The molecule has 0 amide bonds. The number of hydrogen-bond acceptors (Lipinski definition) is 1. The number of rotatable bonds is 0. The van der Waals surface area contributed by atoms with Crippen molar-refractivity contribution in [1.29, 1.82) is 0 Å². The average molecular weight is 255 g/mol. The molecule has 0 saturated carbocycles. The van der Waals surface area contributed by atoms with E-state index >= 15 is 0 Å². The Morgan fingerprint density at radius 1 is 1.36 bits per heavy atom. The summed E-state index contributed by atoms with van der Waals surface area (Å²) >= 11 is 3.48. The molecule has 0 saturated heterocycles. The van der Waals surface area contributed by atoms with Crippen LogP contribution in [0.2, 0.25) is 0 Å². The molecule has 0 aliphatic carbocycles. The van der Waals surface area contributed by atoms with Crippen LogP contribution in [0.4, 0.5) is 0 Å². The van der Waals surface area contributed by atoms with E-state index in [1.165, 1.54) is 5.56 Å². The van der Waals surface area contributed by atoms with Crippen LogP contribution in [-0.4, -0.2) is 6.10 Å². The van der Waals surface area contributed by atoms with E-state index in [1.54, 1.807) is 0 Å². The molecule has 1 atom stereocenters. The van der Waals surface area contributed by atoms with Crippen LogP contribution < -0.4 is 4.74 Å². The molecule has 2 rings (SSSR count). The van der Waals surface area contributed by atoms with Gasteiger partial charge in [0.2, 0.25) is 0 Å². The average Bonchev–Trinajstić information content (AvgIpc) is 2.45. The van der Waals surface area contributed by atoms with Gasteiger partial charge in [-0.25, -0.2) is 0 Å². The van der Waals surface area contributed by atoms with Gasteiger partial charge in [-0.3, -0.25) is 0 Å². The van der Waals surface area contributed by atoms with E-state index in [-0.39, 0.29) is 5.41 Å². The highest BCUT2D eigenvalue weighted by atomic mass is 79.9. The summed E-state index contributed by atoms with van der Waals surface area (Å²) in [5.41, 5.74) is 1.53. The van der Waals surface area contributed by atoms with E-state index in [2.05, 4.69) is 42.8 Å². The van der Waals surface area contributed by atoms with Crippen LogP contribution >= 0.6 is 15.9 Å². The molecule has 0 fully saturated rings. The van der Waals surface area contributed by atoms with Gasteiger partial charge in [0.15, 0.2) is 0 Å². The molecule has 1 unspecified atom stereocenters. The van der Waals surface area contributed by atoms with Crippen molar-refractivity contribution >= 4 is 15.9 Å². The summed E-state index contributed by atoms with van der Waals surface area (Å²) in [6.07, 6.45) is 1.34. The van der Waals surface area contributed by atoms with E-state index in [0.717, 1.165) is 16.6 Å². The van der Waals surface area contributed by atoms with Gasteiger partial charge >= 0.3 is 0 Å². The Morgan fingerprint density at radius 2 is 2.07 bits per heavy atom. The molecule has 76 valence electrons. The molecule has 0 radical (unpaired) electrons. The van der Waals surface area contributed by atoms with Crippen molar-refractivity contribution in [2.45, 2.75) is 33.3 Å². The first-order valence-electron chi connectivity index (χ1n) is 4.92. The van der Waals surface area contributed by atoms with E-state index in [4.69, 9.17) is 4.74 Å². The minimum Gasteiger partial charge on any atom is -0.489 e. The summed E-state index contributed by atoms with van der Waals surface area (Å²) in [5, 5.41) is 0. The number of ether oxygens (including phenoxy) is 1. The monoisotopic (exact) mass is 254 g/mol. The fourth-order valence-corrected chi connectivity index (χ4v) is 2.11. The molecule has 0 aromatic heterocycles. The van der Waals surface area contributed by atoms with Gasteiger partial charge in [0, 0.05) is 10.9 Å². The Hall–Kier alpha value is -0.500. The van der Waals surface area contributed by atoms with Crippen LogP contribution in [0.25, 0.3) is 0 Å². The maximum atomic E-state index is 5.91. The maximum absolute atomic E-state index is 5.91. The third kappa shape index (κ3) is 1.81. The van der Waals surface area contributed by atoms with Crippen LogP contribution in [0, 0.1) is 5.41 Å². The zero-order chi connectivity index (χ0) is 10.3. The minimum atomic E-state index is 0.214. The van der Waals surface area contributed by atoms with Gasteiger partial charge in [0.05, 0.1) is 0 Å². The second kappa shape index (κ2) is 3.27. The van der Waals surface area contributed by atoms with E-state index < -0.39 is 0 Å². The summed E-state index contributed by atoms with van der Waals surface area (Å²) in [6.45, 7) is 6.66. The lowest BCUT2D eigenvalue weighted by molar-refractivity contribution is 0.109. The normalized spacial score (nSPS) is 20.4. The lowest BCUT2D eigenvalue weighted by atomic mass is 9.87. The van der Waals surface area contributed by atoms with Crippen molar-refractivity contribution in [3.63, 3.8) is 0 Å². The first kappa shape index (κ1) is 10.0. The largest absolute Gasteiger partial charge is 0.489 e. The Balaban J connectivity index is 2.26. The lowest BCUT2D eigenvalue weighted by Crippen LogP contribution is -2.30. The highest BCUT2D eigenvalue weighted by molar-refractivity contribution is 9.10. The van der Waals surface area contributed by atoms with Crippen molar-refractivity contribution in [2.75, 3.05) is 0 Å². The summed E-state index contributed by atoms with van der Waals surface area (Å²) in [7, 11) is 0. The van der Waals surface area contributed by atoms with Crippen molar-refractivity contribution in [2.24, 2.45) is 5.41 Å². The van der Waals surface area contributed by atoms with Gasteiger partial charge in [0.25, 0.3) is 0 Å². The molecular formula is C12H15BrO. The van der Waals surface area contributed by atoms with Crippen LogP contribution in [0.15, 0.2) is 22.7 Å². The molecule has 1 nitrogen and oxygen atoms in total. The van der Waals surface area contributed by atoms with Gasteiger partial charge in [0.1, 0.15) is 11.9 Å². The fourth-order valence-electron chi connectivity index (χ4n) is 1.70. The minimum absolute atomic E-state index is 0.214. The van der Waals surface area contributed by atoms with Gasteiger partial charge in [-0.15, -0.1) is 0 Å². The Bertz CT molecular complexity index is 352. The predicted octanol–water partition coefficient (Wildman–Crippen LogP) is 3.80. The molecule has 2 heteroatoms. The standard InChI is InChI=1S/C12H15BrO/c1-12(2,3)11-7-8-6-9(13)4-5-10(8)14-11/h4-6,11H,7H2,1-3H3. The summed E-state index contributed by atoms with van der Waals surface area (Å²) < 4.78 is 7.04. The predicted molar refractivity (Wildman–Crippen MR) is 61.7 cm³/mol. The number of benzene rings is 1. The Labute approximate surface area is 93.6 Å². The summed E-state index contributed by atoms with van der Waals surface area (Å²) in [6, 6.07) is 6.23. The molecular weight excluding hydrogens is 240 g/mol. The highest BCUT2D eigenvalue weighted by Gasteiger charge is 2.32. The van der Waals surface area contributed by atoms with Gasteiger partial charge in [-0.1, -0.05) is 36.7 Å². The van der Waals surface area contributed by atoms with Crippen molar-refractivity contribution in [3.05, 3.63) is 28.2 Å². The third-order valence-electron chi connectivity index (χ3n) is 2.66. The first-order chi connectivity index (χ1) is 6.47. The number of fused-ring (bicyclic) bond motifs is 1. The van der Waals surface area contributed by atoms with E-state index in [9.17, 15) is 0 Å². The molecule has 0 N–H and O–H groups in total. The Kier molecular flexibility index (Phi) is 2.34. The van der Waals surface area contributed by atoms with Crippen molar-refractivity contribution < 1.29 is 4.74 Å². The fraction of sp³-hybridized carbons (Fsp3) is 0.500. The topological polar surface area (TPSA) is 9.23 Å². The van der Waals surface area contributed by atoms with Gasteiger partial charge in [-0.05, 0) is 29.2 Å². The molecule has 1 aromatic rings. The summed E-state index contributed by atoms with van der Waals surface area (Å²) in [5.74, 6) is 1.05. The highest BCUT2D eigenvalue weighted by Crippen LogP contribution is 2.37. The zero-order valence-electron chi connectivity index (χ0n) is 8.80. The molecule has 1 aliphatic rings. The maximum Gasteiger partial charge on any atom is 0.123 e. The van der Waals surface area contributed by atoms with Gasteiger partial charge in [-0.2, -0.15) is 0 Å². The molecule has 0 spiro atoms. The van der Waals surface area contributed by atoms with E-state index in [0.29, 0.717) is 6.10 Å². The van der Waals surface area contributed by atoms with Crippen molar-refractivity contribution in [1.82, 2.24) is 0 Å². The van der Waals surface area contributed by atoms with Crippen LogP contribution in [0.3, 0.4) is 0 Å². The molecule has 1 aliphatic heterocycles. The molecule has 1 aromatic carbocycles. The van der Waals surface area contributed by atoms with E-state index in [1.807, 2.05) is 12.1 Å². The zero-order valence-corrected chi connectivity index (χ0v) is 10.4. The number of hydrogen-bond donors (Lipinski definition) is 0. The molecule has 14 heavy (non-hydrogen) atoms. The second-order valence-electron chi connectivity index (χ2n) is 4.93. The third-order valence-corrected chi connectivity index (χ3v) is 3.16. The number of halogens is 1. The molecule has 1 heterocycles. The lowest BCUT2D eigenvalue weighted by Gasteiger charge is -2.25. The van der Waals surface area contributed by atoms with Crippen LogP contribution in [-0.2, 0) is 6.42 Å². The van der Waals surface area contributed by atoms with Crippen LogP contribution in [0.5, 0.6) is 5.75 Å².